The number of carbonyl (C=O) groups excluding carboxylic acids is 2. The number of H-pyrrole nitrogens is 1. The first-order valence-corrected chi connectivity index (χ1v) is 3.65. The summed E-state index contributed by atoms with van der Waals surface area (Å²) >= 11 is 0. The largest absolute Gasteiger partial charge is 0.350 e. The van der Waals surface area contributed by atoms with Gasteiger partial charge in [0, 0.05) is 6.07 Å². The van der Waals surface area contributed by atoms with Crippen LogP contribution >= 0.6 is 0 Å². The predicted octanol–water partition coefficient (Wildman–Crippen LogP) is -1.31. The summed E-state index contributed by atoms with van der Waals surface area (Å²) in [7, 11) is 0. The van der Waals surface area contributed by atoms with E-state index in [9.17, 15) is 14.4 Å². The molecule has 0 aliphatic rings. The summed E-state index contributed by atoms with van der Waals surface area (Å²) in [5, 5.41) is 0. The first kappa shape index (κ1) is 9.78. The van der Waals surface area contributed by atoms with Crippen LogP contribution in [0.3, 0.4) is 0 Å². The molecule has 0 saturated heterocycles. The summed E-state index contributed by atoms with van der Waals surface area (Å²) in [4.78, 5) is 34.4. The molecule has 0 spiro atoms. The van der Waals surface area contributed by atoms with E-state index in [1.54, 1.807) is 0 Å². The van der Waals surface area contributed by atoms with Crippen LogP contribution in [0.15, 0.2) is 23.0 Å². The summed E-state index contributed by atoms with van der Waals surface area (Å²) in [6.45, 7) is 0. The van der Waals surface area contributed by atoms with E-state index in [2.05, 4.69) is 4.98 Å². The van der Waals surface area contributed by atoms with Crippen molar-refractivity contribution in [3.63, 3.8) is 0 Å². The van der Waals surface area contributed by atoms with Crippen LogP contribution in [0.2, 0.25) is 0 Å². The van der Waals surface area contributed by atoms with Gasteiger partial charge in [-0.1, -0.05) is 6.07 Å². The fraction of sp³-hybridized carbons (Fsp3) is 0. The number of hydrogen-bond acceptors (Lipinski definition) is 3. The maximum absolute atomic E-state index is 11.1. The second-order valence-electron chi connectivity index (χ2n) is 2.37. The van der Waals surface area contributed by atoms with E-state index >= 15 is 0 Å². The van der Waals surface area contributed by atoms with Gasteiger partial charge in [-0.2, -0.15) is 0 Å². The van der Waals surface area contributed by atoms with E-state index in [0.29, 0.717) is 0 Å². The molecule has 74 valence electrons. The minimum atomic E-state index is -0.892. The lowest BCUT2D eigenvalue weighted by atomic mass is 10.3. The molecule has 3 amide bonds. The summed E-state index contributed by atoms with van der Waals surface area (Å²) in [5.41, 5.74) is 8.21. The lowest BCUT2D eigenvalue weighted by Crippen LogP contribution is -2.45. The maximum Gasteiger partial charge on any atom is 0.330 e. The lowest BCUT2D eigenvalue weighted by molar-refractivity contribution is 0.0932. The molecule has 1 rings (SSSR count). The van der Waals surface area contributed by atoms with Gasteiger partial charge in [-0.25, -0.2) is 10.2 Å². The number of primary amides is 1. The Balaban J connectivity index is 2.70. The summed E-state index contributed by atoms with van der Waals surface area (Å²) < 4.78 is 0. The van der Waals surface area contributed by atoms with Crippen LogP contribution in [0.1, 0.15) is 10.5 Å². The van der Waals surface area contributed by atoms with Gasteiger partial charge < -0.3 is 10.7 Å². The van der Waals surface area contributed by atoms with Crippen molar-refractivity contribution in [3.8, 4) is 0 Å². The molecule has 0 radical (unpaired) electrons. The maximum atomic E-state index is 11.1. The van der Waals surface area contributed by atoms with E-state index in [1.807, 2.05) is 10.9 Å². The molecule has 1 aromatic heterocycles. The number of nitrogens with two attached hydrogens (primary N) is 1. The normalized spacial score (nSPS) is 9.14. The van der Waals surface area contributed by atoms with Crippen molar-refractivity contribution >= 4 is 11.9 Å². The van der Waals surface area contributed by atoms with Crippen molar-refractivity contribution in [2.75, 3.05) is 0 Å². The quantitative estimate of drug-likeness (QED) is 0.417. The van der Waals surface area contributed by atoms with E-state index in [0.717, 1.165) is 0 Å². The van der Waals surface area contributed by atoms with Crippen molar-refractivity contribution in [3.05, 3.63) is 34.2 Å². The topological polar surface area (TPSA) is 117 Å². The first-order chi connectivity index (χ1) is 6.59. The minimum absolute atomic E-state index is 0.0336. The average Bonchev–Trinajstić information content (AvgIpc) is 2.14. The number of hydrogen-bond donors (Lipinski definition) is 4. The van der Waals surface area contributed by atoms with E-state index in [-0.39, 0.29) is 5.69 Å². The van der Waals surface area contributed by atoms with E-state index < -0.39 is 17.5 Å². The van der Waals surface area contributed by atoms with Crippen LogP contribution < -0.4 is 22.1 Å². The number of rotatable bonds is 1. The van der Waals surface area contributed by atoms with Gasteiger partial charge in [0.2, 0.25) is 5.56 Å². The summed E-state index contributed by atoms with van der Waals surface area (Å²) in [6.07, 6.45) is 0. The number of hydrazine groups is 1. The van der Waals surface area contributed by atoms with Gasteiger partial charge in [0.25, 0.3) is 5.91 Å². The number of urea groups is 1. The first-order valence-electron chi connectivity index (χ1n) is 3.65. The molecular formula is C7H8N4O3. The second kappa shape index (κ2) is 4.08. The number of aromatic nitrogens is 1. The highest BCUT2D eigenvalue weighted by molar-refractivity contribution is 5.93. The van der Waals surface area contributed by atoms with Gasteiger partial charge >= 0.3 is 6.03 Å². The van der Waals surface area contributed by atoms with Crippen molar-refractivity contribution in [1.29, 1.82) is 0 Å². The number of aromatic amines is 1. The fourth-order valence-corrected chi connectivity index (χ4v) is 0.766. The van der Waals surface area contributed by atoms with E-state index in [1.165, 1.54) is 18.2 Å². The molecule has 1 aromatic rings. The van der Waals surface area contributed by atoms with Gasteiger partial charge in [0.05, 0.1) is 0 Å². The van der Waals surface area contributed by atoms with Crippen molar-refractivity contribution < 1.29 is 9.59 Å². The Hall–Kier alpha value is -2.31. The Bertz CT molecular complexity index is 411. The third kappa shape index (κ3) is 2.63. The SMILES string of the molecule is NC(=O)NNC(=O)c1cccc(=O)[nH]1. The van der Waals surface area contributed by atoms with Gasteiger partial charge in [-0.15, -0.1) is 0 Å². The number of pyridine rings is 1. The van der Waals surface area contributed by atoms with Crippen LogP contribution in [0, 0.1) is 0 Å². The Kier molecular flexibility index (Phi) is 2.85. The number of amides is 3. The molecule has 0 aliphatic carbocycles. The number of nitrogens with one attached hydrogen (secondary N) is 3. The second-order valence-corrected chi connectivity index (χ2v) is 2.37. The minimum Gasteiger partial charge on any atom is -0.350 e. The standard InChI is InChI=1S/C7H8N4O3/c8-7(14)11-10-6(13)4-2-1-3-5(12)9-4/h1-3H,(H,9,12)(H,10,13)(H3,8,11,14). The molecular weight excluding hydrogens is 188 g/mol. The highest BCUT2D eigenvalue weighted by atomic mass is 16.2. The van der Waals surface area contributed by atoms with Gasteiger partial charge in [-0.3, -0.25) is 15.0 Å². The molecule has 0 atom stereocenters. The molecule has 0 saturated carbocycles. The molecule has 14 heavy (non-hydrogen) atoms. The van der Waals surface area contributed by atoms with Gasteiger partial charge in [0.15, 0.2) is 0 Å². The molecule has 0 unspecified atom stereocenters. The zero-order valence-electron chi connectivity index (χ0n) is 7.03. The molecule has 7 heteroatoms. The predicted molar refractivity (Wildman–Crippen MR) is 47.2 cm³/mol. The third-order valence-corrected chi connectivity index (χ3v) is 1.31. The molecule has 0 aromatic carbocycles. The van der Waals surface area contributed by atoms with Crippen molar-refractivity contribution in [2.45, 2.75) is 0 Å². The lowest BCUT2D eigenvalue weighted by Gasteiger charge is -2.03. The third-order valence-electron chi connectivity index (χ3n) is 1.31. The molecule has 1 heterocycles. The van der Waals surface area contributed by atoms with E-state index in [4.69, 9.17) is 5.73 Å². The molecule has 7 nitrogen and oxygen atoms in total. The van der Waals surface area contributed by atoms with Crippen molar-refractivity contribution in [1.82, 2.24) is 15.8 Å². The molecule has 0 aliphatic heterocycles. The van der Waals surface area contributed by atoms with Crippen LogP contribution in [0.25, 0.3) is 0 Å². The Morgan fingerprint density at radius 2 is 2.00 bits per heavy atom. The van der Waals surface area contributed by atoms with Crippen LogP contribution in [0.4, 0.5) is 4.79 Å². The van der Waals surface area contributed by atoms with Crippen LogP contribution in [0.5, 0.6) is 0 Å². The Morgan fingerprint density at radius 3 is 2.57 bits per heavy atom. The summed E-state index contributed by atoms with van der Waals surface area (Å²) in [5.74, 6) is -0.651. The zero-order valence-corrected chi connectivity index (χ0v) is 7.03. The number of carbonyl (C=O) groups is 2. The highest BCUT2D eigenvalue weighted by Crippen LogP contribution is 1.87. The smallest absolute Gasteiger partial charge is 0.330 e. The van der Waals surface area contributed by atoms with Gasteiger partial charge in [0.1, 0.15) is 5.69 Å². The summed E-state index contributed by atoms with van der Waals surface area (Å²) in [6, 6.07) is 3.17. The zero-order chi connectivity index (χ0) is 10.6. The molecule has 0 bridgehead atoms. The monoisotopic (exact) mass is 196 g/mol. The average molecular weight is 196 g/mol. The highest BCUT2D eigenvalue weighted by Gasteiger charge is 2.05. The van der Waals surface area contributed by atoms with Gasteiger partial charge in [-0.05, 0) is 6.07 Å². The van der Waals surface area contributed by atoms with Crippen LogP contribution in [-0.2, 0) is 0 Å². The van der Waals surface area contributed by atoms with Crippen molar-refractivity contribution in [2.24, 2.45) is 5.73 Å². The Labute approximate surface area is 78.3 Å². The Morgan fingerprint density at radius 1 is 1.29 bits per heavy atom. The van der Waals surface area contributed by atoms with Crippen LogP contribution in [-0.4, -0.2) is 16.9 Å². The molecule has 0 fully saturated rings. The fourth-order valence-electron chi connectivity index (χ4n) is 0.766. The molecule has 5 N–H and O–H groups in total.